The van der Waals surface area contributed by atoms with Crippen molar-refractivity contribution in [3.63, 3.8) is 0 Å². The van der Waals surface area contributed by atoms with Crippen LogP contribution in [0.3, 0.4) is 0 Å². The summed E-state index contributed by atoms with van der Waals surface area (Å²) in [4.78, 5) is 28.3. The Labute approximate surface area is 256 Å². The molecule has 246 valence electrons. The first-order chi connectivity index (χ1) is 21.3. The normalized spacial score (nSPS) is 32.0. The molecule has 2 aliphatic heterocycles. The summed E-state index contributed by atoms with van der Waals surface area (Å²) in [6.07, 6.45) is -9.08. The third-order valence-electron chi connectivity index (χ3n) is 7.30. The van der Waals surface area contributed by atoms with Gasteiger partial charge in [0.25, 0.3) is 0 Å². The Morgan fingerprint density at radius 1 is 0.932 bits per heavy atom. The van der Waals surface area contributed by atoms with Crippen LogP contribution in [0.25, 0.3) is 10.4 Å². The van der Waals surface area contributed by atoms with E-state index in [1.807, 2.05) is 13.8 Å². The largest absolute Gasteiger partial charge is 0.467 e. The van der Waals surface area contributed by atoms with Crippen molar-refractivity contribution in [1.82, 2.24) is 0 Å². The SMILES string of the molecule is CCCCOC1[C@H](O)C(C(=O)OC)O[C@@H](O[C@@H]2C(COC(=O)c3ccccc3)O[C@H](OC)C(N=[N+]=[N-])[C@H]2OCCCC)[C@H]1O. The van der Waals surface area contributed by atoms with Gasteiger partial charge in [-0.2, -0.15) is 0 Å². The lowest BCUT2D eigenvalue weighted by Crippen LogP contribution is -2.65. The number of nitrogens with zero attached hydrogens (tertiary/aromatic N) is 3. The maximum Gasteiger partial charge on any atom is 0.338 e. The van der Waals surface area contributed by atoms with Crippen LogP contribution in [-0.4, -0.2) is 118 Å². The van der Waals surface area contributed by atoms with Crippen molar-refractivity contribution in [2.24, 2.45) is 5.11 Å². The second-order valence-corrected chi connectivity index (χ2v) is 10.3. The predicted octanol–water partition coefficient (Wildman–Crippen LogP) is 2.27. The Morgan fingerprint density at radius 2 is 1.59 bits per heavy atom. The lowest BCUT2D eigenvalue weighted by atomic mass is 9.95. The summed E-state index contributed by atoms with van der Waals surface area (Å²) in [5.41, 5.74) is 9.66. The molecule has 15 nitrogen and oxygen atoms in total. The summed E-state index contributed by atoms with van der Waals surface area (Å²) in [5.74, 6) is -1.53. The molecule has 0 bridgehead atoms. The van der Waals surface area contributed by atoms with Gasteiger partial charge in [0.2, 0.25) is 0 Å². The summed E-state index contributed by atoms with van der Waals surface area (Å²) in [6.45, 7) is 4.00. The molecule has 4 unspecified atom stereocenters. The van der Waals surface area contributed by atoms with E-state index in [1.165, 1.54) is 7.11 Å². The molecule has 0 aliphatic carbocycles. The van der Waals surface area contributed by atoms with Crippen molar-refractivity contribution < 1.29 is 57.7 Å². The van der Waals surface area contributed by atoms with Crippen molar-refractivity contribution in [2.45, 2.75) is 101 Å². The maximum atomic E-state index is 12.8. The molecule has 2 fully saturated rings. The summed E-state index contributed by atoms with van der Waals surface area (Å²) < 4.78 is 45.8. The zero-order chi connectivity index (χ0) is 32.1. The van der Waals surface area contributed by atoms with Gasteiger partial charge < -0.3 is 48.1 Å². The van der Waals surface area contributed by atoms with E-state index in [4.69, 9.17) is 37.9 Å². The van der Waals surface area contributed by atoms with Crippen LogP contribution in [0.4, 0.5) is 0 Å². The average Bonchev–Trinajstić information content (AvgIpc) is 3.04. The quantitative estimate of drug-likeness (QED) is 0.0895. The molecular weight excluding hydrogens is 582 g/mol. The minimum atomic E-state index is -1.58. The number of carbonyl (C=O) groups is 2. The van der Waals surface area contributed by atoms with Crippen LogP contribution < -0.4 is 0 Å². The van der Waals surface area contributed by atoms with Crippen LogP contribution in [0, 0.1) is 0 Å². The lowest BCUT2D eigenvalue weighted by Gasteiger charge is -2.47. The van der Waals surface area contributed by atoms with Gasteiger partial charge in [0.05, 0.1) is 18.8 Å². The number of aliphatic hydroxyl groups is 2. The monoisotopic (exact) mass is 625 g/mol. The van der Waals surface area contributed by atoms with Crippen molar-refractivity contribution in [3.05, 3.63) is 46.3 Å². The Balaban J connectivity index is 1.96. The van der Waals surface area contributed by atoms with Crippen LogP contribution in [0.5, 0.6) is 0 Å². The molecule has 2 aliphatic rings. The number of unbranched alkanes of at least 4 members (excludes halogenated alkanes) is 2. The maximum absolute atomic E-state index is 12.8. The average molecular weight is 626 g/mol. The number of aliphatic hydroxyl groups excluding tert-OH is 2. The van der Waals surface area contributed by atoms with Gasteiger partial charge in [0.15, 0.2) is 18.7 Å². The van der Waals surface area contributed by atoms with Gasteiger partial charge in [-0.1, -0.05) is 50.0 Å². The molecule has 2 heterocycles. The van der Waals surface area contributed by atoms with Gasteiger partial charge >= 0.3 is 11.9 Å². The number of azide groups is 1. The summed E-state index contributed by atoms with van der Waals surface area (Å²) in [5, 5.41) is 26.0. The summed E-state index contributed by atoms with van der Waals surface area (Å²) in [7, 11) is 2.49. The summed E-state index contributed by atoms with van der Waals surface area (Å²) >= 11 is 0. The van der Waals surface area contributed by atoms with E-state index in [0.717, 1.165) is 20.0 Å². The molecule has 0 radical (unpaired) electrons. The second-order valence-electron chi connectivity index (χ2n) is 10.3. The van der Waals surface area contributed by atoms with Crippen LogP contribution in [0.15, 0.2) is 35.4 Å². The summed E-state index contributed by atoms with van der Waals surface area (Å²) in [6, 6.07) is 7.26. The molecule has 0 saturated carbocycles. The Hall–Kier alpha value is -2.85. The first-order valence-corrected chi connectivity index (χ1v) is 14.7. The smallest absolute Gasteiger partial charge is 0.338 e. The van der Waals surface area contributed by atoms with Gasteiger partial charge in [-0.15, -0.1) is 0 Å². The molecule has 15 heteroatoms. The molecule has 1 aromatic carbocycles. The van der Waals surface area contributed by atoms with Crippen LogP contribution in [-0.2, 0) is 42.7 Å². The molecule has 3 rings (SSSR count). The highest BCUT2D eigenvalue weighted by Gasteiger charge is 2.54. The van der Waals surface area contributed by atoms with Crippen LogP contribution >= 0.6 is 0 Å². The molecule has 10 atom stereocenters. The van der Waals surface area contributed by atoms with Gasteiger partial charge in [0, 0.05) is 25.2 Å². The van der Waals surface area contributed by atoms with E-state index in [1.54, 1.807) is 30.3 Å². The number of hydrogen-bond acceptors (Lipinski definition) is 13. The number of hydrogen-bond donors (Lipinski definition) is 2. The topological polar surface area (TPSA) is 197 Å². The first-order valence-electron chi connectivity index (χ1n) is 14.7. The first kappa shape index (κ1) is 35.6. The Bertz CT molecular complexity index is 1070. The molecule has 0 amide bonds. The minimum Gasteiger partial charge on any atom is -0.467 e. The van der Waals surface area contributed by atoms with Crippen molar-refractivity contribution >= 4 is 11.9 Å². The van der Waals surface area contributed by atoms with E-state index in [-0.39, 0.29) is 19.8 Å². The zero-order valence-electron chi connectivity index (χ0n) is 25.4. The van der Waals surface area contributed by atoms with Crippen LogP contribution in [0.1, 0.15) is 49.9 Å². The van der Waals surface area contributed by atoms with E-state index in [0.29, 0.717) is 18.4 Å². The molecule has 0 spiro atoms. The van der Waals surface area contributed by atoms with Gasteiger partial charge in [-0.3, -0.25) is 0 Å². The Kier molecular flexibility index (Phi) is 14.7. The molecular formula is C29H43N3O12. The number of ether oxygens (including phenoxy) is 8. The van der Waals surface area contributed by atoms with E-state index in [9.17, 15) is 25.3 Å². The highest BCUT2D eigenvalue weighted by atomic mass is 16.7. The van der Waals surface area contributed by atoms with E-state index >= 15 is 0 Å². The van der Waals surface area contributed by atoms with Crippen LogP contribution in [0.2, 0.25) is 0 Å². The van der Waals surface area contributed by atoms with E-state index in [2.05, 4.69) is 10.0 Å². The Morgan fingerprint density at radius 3 is 2.18 bits per heavy atom. The van der Waals surface area contributed by atoms with Gasteiger partial charge in [-0.05, 0) is 30.5 Å². The number of methoxy groups -OCH3 is 2. The highest BCUT2D eigenvalue weighted by molar-refractivity contribution is 5.89. The molecule has 44 heavy (non-hydrogen) atoms. The van der Waals surface area contributed by atoms with E-state index < -0.39 is 73.3 Å². The predicted molar refractivity (Wildman–Crippen MR) is 152 cm³/mol. The minimum absolute atomic E-state index is 0.192. The van der Waals surface area contributed by atoms with Gasteiger partial charge in [0.1, 0.15) is 43.2 Å². The molecule has 0 aromatic heterocycles. The van der Waals surface area contributed by atoms with Gasteiger partial charge in [-0.25, -0.2) is 9.59 Å². The second kappa shape index (κ2) is 18.2. The highest BCUT2D eigenvalue weighted by Crippen LogP contribution is 2.33. The molecule has 2 saturated heterocycles. The van der Waals surface area contributed by atoms with Crippen molar-refractivity contribution in [2.75, 3.05) is 34.0 Å². The molecule has 1 aromatic rings. The van der Waals surface area contributed by atoms with Crippen molar-refractivity contribution in [3.8, 4) is 0 Å². The standard InChI is InChI=1S/C29H43N3O12/c1-5-7-14-39-23-19(31-32-30)28(38-4)42-18(16-41-26(35)17-12-10-9-11-13-17)22(23)43-29-21(34)24(40-15-8-6-2)20(33)25(44-29)27(36)37-3/h9-13,18-25,28-29,33-34H,5-8,14-16H2,1-4H3/t18?,19?,20-,21-,22+,23+,24?,25?,28-,29+/m0/s1. The zero-order valence-corrected chi connectivity index (χ0v) is 25.4. The number of carbonyl (C=O) groups excluding carboxylic acids is 2. The van der Waals surface area contributed by atoms with Crippen molar-refractivity contribution in [1.29, 1.82) is 0 Å². The fourth-order valence-electron chi connectivity index (χ4n) is 4.91. The lowest BCUT2D eigenvalue weighted by molar-refractivity contribution is -0.346. The fourth-order valence-corrected chi connectivity index (χ4v) is 4.91. The molecule has 2 N–H and O–H groups in total. The third kappa shape index (κ3) is 9.10. The number of esters is 2. The number of benzene rings is 1. The fraction of sp³-hybridized carbons (Fsp3) is 0.724. The third-order valence-corrected chi connectivity index (χ3v) is 7.30. The number of rotatable bonds is 16.